The van der Waals surface area contributed by atoms with Crippen LogP contribution in [0.4, 0.5) is 5.82 Å². The number of rotatable bonds is 5. The van der Waals surface area contributed by atoms with Crippen LogP contribution in [0.3, 0.4) is 0 Å². The maximum absolute atomic E-state index is 11.3. The Balaban J connectivity index is 2.05. The van der Waals surface area contributed by atoms with E-state index >= 15 is 0 Å². The molecule has 1 aromatic heterocycles. The number of H-pyrrole nitrogens is 1. The molecule has 0 aliphatic carbocycles. The minimum Gasteiger partial charge on any atom is -0.383 e. The van der Waals surface area contributed by atoms with Gasteiger partial charge >= 0.3 is 0 Å². The summed E-state index contributed by atoms with van der Waals surface area (Å²) in [4.78, 5) is 19.1. The number of benzene rings is 1. The molecule has 0 spiro atoms. The third-order valence-electron chi connectivity index (χ3n) is 2.59. The third kappa shape index (κ3) is 4.40. The summed E-state index contributed by atoms with van der Waals surface area (Å²) in [5.41, 5.74) is 6.53. The first-order chi connectivity index (χ1) is 9.52. The first kappa shape index (κ1) is 14.6. The molecule has 20 heavy (non-hydrogen) atoms. The molecule has 0 unspecified atom stereocenters. The van der Waals surface area contributed by atoms with E-state index in [-0.39, 0.29) is 11.4 Å². The second-order valence-corrected chi connectivity index (χ2v) is 5.82. The molecule has 6 heteroatoms. The second-order valence-electron chi connectivity index (χ2n) is 4.76. The number of nitrogens with zero attached hydrogens (tertiary/aromatic N) is 1. The van der Waals surface area contributed by atoms with Gasteiger partial charge in [0, 0.05) is 23.5 Å². The first-order valence-corrected chi connectivity index (χ1v) is 7.21. The van der Waals surface area contributed by atoms with Crippen LogP contribution in [-0.4, -0.2) is 16.0 Å². The number of anilines is 1. The normalized spacial score (nSPS) is 10.9. The lowest BCUT2D eigenvalue weighted by molar-refractivity contribution is 0.588. The number of hydrogen-bond acceptors (Lipinski definition) is 5. The summed E-state index contributed by atoms with van der Waals surface area (Å²) >= 11 is 1.38. The van der Waals surface area contributed by atoms with Crippen molar-refractivity contribution in [2.75, 3.05) is 5.73 Å². The van der Waals surface area contributed by atoms with Gasteiger partial charge in [0.25, 0.3) is 5.56 Å². The Morgan fingerprint density at radius 1 is 1.35 bits per heavy atom. The summed E-state index contributed by atoms with van der Waals surface area (Å²) in [5, 5.41) is 3.87. The zero-order chi connectivity index (χ0) is 14.5. The van der Waals surface area contributed by atoms with E-state index in [9.17, 15) is 4.79 Å². The number of aromatic amines is 1. The lowest BCUT2D eigenvalue weighted by atomic mass is 10.2. The van der Waals surface area contributed by atoms with Gasteiger partial charge in [-0.15, -0.1) is 0 Å². The summed E-state index contributed by atoms with van der Waals surface area (Å²) in [6.45, 7) is 5.08. The van der Waals surface area contributed by atoms with Crippen LogP contribution in [-0.2, 0) is 6.54 Å². The lowest BCUT2D eigenvalue weighted by Crippen LogP contribution is -2.21. The standard InChI is InChI=1S/C14H18N4OS/c1-9(2)16-8-10-3-5-11(6-4-10)20-14-17-12(15)7-13(19)18-14/h3-7,9,16H,8H2,1-2H3,(H3,15,17,18,19). The molecule has 0 aliphatic rings. The number of nitrogen functional groups attached to an aromatic ring is 1. The molecule has 4 N–H and O–H groups in total. The van der Waals surface area contributed by atoms with E-state index in [0.29, 0.717) is 11.2 Å². The highest BCUT2D eigenvalue weighted by atomic mass is 32.2. The summed E-state index contributed by atoms with van der Waals surface area (Å²) in [6.07, 6.45) is 0. The van der Waals surface area contributed by atoms with Crippen molar-refractivity contribution in [2.24, 2.45) is 0 Å². The highest BCUT2D eigenvalue weighted by Gasteiger charge is 2.02. The molecule has 2 rings (SSSR count). The molecule has 0 saturated carbocycles. The van der Waals surface area contributed by atoms with Crippen molar-refractivity contribution in [3.05, 3.63) is 46.2 Å². The SMILES string of the molecule is CC(C)NCc1ccc(Sc2nc(N)cc(=O)[nH]2)cc1. The third-order valence-corrected chi connectivity index (χ3v) is 3.49. The van der Waals surface area contributed by atoms with Gasteiger partial charge in [-0.3, -0.25) is 4.79 Å². The quantitative estimate of drug-likeness (QED) is 0.734. The van der Waals surface area contributed by atoms with Crippen molar-refractivity contribution in [3.63, 3.8) is 0 Å². The Morgan fingerprint density at radius 2 is 2.05 bits per heavy atom. The molecule has 0 saturated heterocycles. The number of nitrogens with two attached hydrogens (primary N) is 1. The molecule has 0 aliphatic heterocycles. The summed E-state index contributed by atoms with van der Waals surface area (Å²) in [7, 11) is 0. The van der Waals surface area contributed by atoms with Crippen molar-refractivity contribution in [1.82, 2.24) is 15.3 Å². The molecule has 106 valence electrons. The molecule has 1 aromatic carbocycles. The maximum atomic E-state index is 11.3. The van der Waals surface area contributed by atoms with E-state index in [4.69, 9.17) is 5.73 Å². The van der Waals surface area contributed by atoms with Crippen LogP contribution >= 0.6 is 11.8 Å². The van der Waals surface area contributed by atoms with Crippen molar-refractivity contribution in [1.29, 1.82) is 0 Å². The average molecular weight is 290 g/mol. The molecule has 0 radical (unpaired) electrons. The number of aromatic nitrogens is 2. The van der Waals surface area contributed by atoms with Gasteiger partial charge in [0.15, 0.2) is 5.16 Å². The van der Waals surface area contributed by atoms with Gasteiger partial charge in [0.2, 0.25) is 0 Å². The summed E-state index contributed by atoms with van der Waals surface area (Å²) in [5.74, 6) is 0.231. The van der Waals surface area contributed by atoms with Crippen LogP contribution in [0.5, 0.6) is 0 Å². The molecule has 2 aromatic rings. The smallest absolute Gasteiger partial charge is 0.253 e. The van der Waals surface area contributed by atoms with Gasteiger partial charge in [0.05, 0.1) is 0 Å². The maximum Gasteiger partial charge on any atom is 0.253 e. The highest BCUT2D eigenvalue weighted by molar-refractivity contribution is 7.99. The number of nitrogens with one attached hydrogen (secondary N) is 2. The van der Waals surface area contributed by atoms with E-state index < -0.39 is 0 Å². The van der Waals surface area contributed by atoms with Crippen LogP contribution < -0.4 is 16.6 Å². The minimum absolute atomic E-state index is 0.231. The Morgan fingerprint density at radius 3 is 2.65 bits per heavy atom. The monoisotopic (exact) mass is 290 g/mol. The molecule has 0 fully saturated rings. The van der Waals surface area contributed by atoms with Gasteiger partial charge in [0.1, 0.15) is 5.82 Å². The molecule has 1 heterocycles. The zero-order valence-electron chi connectivity index (χ0n) is 11.5. The topological polar surface area (TPSA) is 83.8 Å². The summed E-state index contributed by atoms with van der Waals surface area (Å²) < 4.78 is 0. The molecule has 0 bridgehead atoms. The van der Waals surface area contributed by atoms with Crippen molar-refractivity contribution < 1.29 is 0 Å². The predicted octanol–water partition coefficient (Wildman–Crippen LogP) is 2.00. The average Bonchev–Trinajstić information content (AvgIpc) is 2.36. The van der Waals surface area contributed by atoms with E-state index in [2.05, 4.69) is 41.3 Å². The van der Waals surface area contributed by atoms with Crippen LogP contribution in [0.15, 0.2) is 45.2 Å². The van der Waals surface area contributed by atoms with Crippen molar-refractivity contribution >= 4 is 17.6 Å². The fourth-order valence-electron chi connectivity index (χ4n) is 1.61. The van der Waals surface area contributed by atoms with Gasteiger partial charge in [-0.05, 0) is 17.7 Å². The molecular formula is C14H18N4OS. The van der Waals surface area contributed by atoms with Gasteiger partial charge in [-0.2, -0.15) is 0 Å². The lowest BCUT2D eigenvalue weighted by Gasteiger charge is -2.08. The van der Waals surface area contributed by atoms with E-state index in [1.807, 2.05) is 12.1 Å². The Kier molecular flexibility index (Phi) is 4.81. The first-order valence-electron chi connectivity index (χ1n) is 6.40. The van der Waals surface area contributed by atoms with Crippen LogP contribution in [0.1, 0.15) is 19.4 Å². The Bertz CT molecular complexity index is 622. The highest BCUT2D eigenvalue weighted by Crippen LogP contribution is 2.24. The van der Waals surface area contributed by atoms with Crippen LogP contribution in [0, 0.1) is 0 Å². The summed E-state index contributed by atoms with van der Waals surface area (Å²) in [6, 6.07) is 9.86. The van der Waals surface area contributed by atoms with E-state index in [1.54, 1.807) is 0 Å². The number of hydrogen-bond donors (Lipinski definition) is 3. The molecule has 0 atom stereocenters. The van der Waals surface area contributed by atoms with Crippen molar-refractivity contribution in [2.45, 2.75) is 36.5 Å². The molecule has 0 amide bonds. The van der Waals surface area contributed by atoms with Gasteiger partial charge in [-0.1, -0.05) is 37.7 Å². The zero-order valence-corrected chi connectivity index (χ0v) is 12.3. The molecular weight excluding hydrogens is 272 g/mol. The fourth-order valence-corrected chi connectivity index (χ4v) is 2.41. The second kappa shape index (κ2) is 6.58. The Labute approximate surface area is 122 Å². The van der Waals surface area contributed by atoms with Crippen LogP contribution in [0.25, 0.3) is 0 Å². The largest absolute Gasteiger partial charge is 0.383 e. The fraction of sp³-hybridized carbons (Fsp3) is 0.286. The predicted molar refractivity (Wildman–Crippen MR) is 81.8 cm³/mol. The minimum atomic E-state index is -0.238. The van der Waals surface area contributed by atoms with Crippen molar-refractivity contribution in [3.8, 4) is 0 Å². The van der Waals surface area contributed by atoms with E-state index in [0.717, 1.165) is 11.4 Å². The van der Waals surface area contributed by atoms with E-state index in [1.165, 1.54) is 23.4 Å². The Hall–Kier alpha value is -1.79. The van der Waals surface area contributed by atoms with Gasteiger partial charge in [-0.25, -0.2) is 4.98 Å². The van der Waals surface area contributed by atoms with Gasteiger partial charge < -0.3 is 16.0 Å². The molecule has 5 nitrogen and oxygen atoms in total. The van der Waals surface area contributed by atoms with Crippen LogP contribution in [0.2, 0.25) is 0 Å².